The zero-order valence-corrected chi connectivity index (χ0v) is 39.8. The van der Waals surface area contributed by atoms with Gasteiger partial charge in [-0.05, 0) is 74.5 Å². The Morgan fingerprint density at radius 2 is 1.53 bits per heavy atom. The van der Waals surface area contributed by atoms with Crippen molar-refractivity contribution in [2.45, 2.75) is 203 Å². The number of aliphatic hydroxyl groups excluding tert-OH is 8. The van der Waals surface area contributed by atoms with E-state index >= 15 is 0 Å². The molecule has 68 heavy (non-hydrogen) atoms. The number of carbonyl (C=O) groups excluding carboxylic acids is 2. The molecule has 0 bridgehead atoms. The molecule has 0 aromatic heterocycles. The molecule has 20 heteroatoms. The number of rotatable bonds is 13. The van der Waals surface area contributed by atoms with Gasteiger partial charge in [-0.1, -0.05) is 44.6 Å². The normalized spacial score (nSPS) is 51.1. The van der Waals surface area contributed by atoms with Crippen molar-refractivity contribution in [2.24, 2.45) is 40.4 Å². The number of hydrogen-bond donors (Lipinski definition) is 9. The van der Waals surface area contributed by atoms with Crippen LogP contribution in [0.4, 0.5) is 0 Å². The van der Waals surface area contributed by atoms with Gasteiger partial charge in [0.2, 0.25) is 0 Å². The van der Waals surface area contributed by atoms with Crippen molar-refractivity contribution in [1.82, 2.24) is 0 Å². The highest BCUT2D eigenvalue weighted by atomic mass is 16.8. The van der Waals surface area contributed by atoms with Gasteiger partial charge >= 0.3 is 11.9 Å². The minimum absolute atomic E-state index is 0.0483. The van der Waals surface area contributed by atoms with Gasteiger partial charge in [-0.3, -0.25) is 9.59 Å². The van der Waals surface area contributed by atoms with Crippen LogP contribution >= 0.6 is 0 Å². The second-order valence-corrected chi connectivity index (χ2v) is 21.4. The van der Waals surface area contributed by atoms with E-state index in [4.69, 9.17) is 42.6 Å². The van der Waals surface area contributed by atoms with Gasteiger partial charge in [0.1, 0.15) is 42.7 Å². The largest absolute Gasteiger partial charge is 0.456 e. The fourth-order valence-electron chi connectivity index (χ4n) is 13.8. The maximum absolute atomic E-state index is 12.6. The van der Waals surface area contributed by atoms with E-state index in [0.29, 0.717) is 18.4 Å². The molecule has 0 aromatic carbocycles. The third kappa shape index (κ3) is 9.37. The fourth-order valence-corrected chi connectivity index (χ4v) is 13.8. The van der Waals surface area contributed by atoms with Gasteiger partial charge in [-0.2, -0.15) is 0 Å². The molecule has 8 aliphatic rings. The predicted molar refractivity (Wildman–Crippen MR) is 232 cm³/mol. The lowest BCUT2D eigenvalue weighted by atomic mass is 9.46. The fraction of sp³-hybridized carbons (Fsp3) is 0.875. The van der Waals surface area contributed by atoms with Crippen LogP contribution in [0.1, 0.15) is 92.9 Å². The Bertz CT molecular complexity index is 1870. The maximum atomic E-state index is 12.6. The van der Waals surface area contributed by atoms with E-state index in [1.165, 1.54) is 20.8 Å². The monoisotopic (exact) mass is 970 g/mol. The highest BCUT2D eigenvalue weighted by Crippen LogP contribution is 2.70. The van der Waals surface area contributed by atoms with E-state index in [9.17, 15) is 55.5 Å². The average molecular weight is 971 g/mol. The van der Waals surface area contributed by atoms with E-state index in [1.807, 2.05) is 6.92 Å². The van der Waals surface area contributed by atoms with Crippen LogP contribution in [0, 0.1) is 40.4 Å². The van der Waals surface area contributed by atoms with Gasteiger partial charge in [-0.25, -0.2) is 0 Å². The summed E-state index contributed by atoms with van der Waals surface area (Å²) >= 11 is 0. The van der Waals surface area contributed by atoms with Gasteiger partial charge in [0.05, 0.1) is 44.2 Å². The summed E-state index contributed by atoms with van der Waals surface area (Å²) in [5.74, 6) is -2.50. The van der Waals surface area contributed by atoms with Crippen LogP contribution in [0.5, 0.6) is 0 Å². The number of ether oxygens (including phenoxy) is 9. The van der Waals surface area contributed by atoms with E-state index < -0.39 is 128 Å². The third-order valence-corrected chi connectivity index (χ3v) is 17.4. The first-order valence-corrected chi connectivity index (χ1v) is 24.3. The number of esters is 2. The Morgan fingerprint density at radius 1 is 0.838 bits per heavy atom. The highest BCUT2D eigenvalue weighted by molar-refractivity contribution is 5.67. The van der Waals surface area contributed by atoms with Crippen molar-refractivity contribution in [3.8, 4) is 0 Å². The molecular formula is C48H74O20. The molecule has 4 heterocycles. The van der Waals surface area contributed by atoms with Crippen LogP contribution in [0.25, 0.3) is 0 Å². The first-order valence-electron chi connectivity index (χ1n) is 24.3. The predicted octanol–water partition coefficient (Wildman–Crippen LogP) is -0.160. The summed E-state index contributed by atoms with van der Waals surface area (Å²) < 4.78 is 54.5. The van der Waals surface area contributed by atoms with Gasteiger partial charge in [0.25, 0.3) is 0 Å². The summed E-state index contributed by atoms with van der Waals surface area (Å²) in [6.07, 6.45) is -14.4. The summed E-state index contributed by atoms with van der Waals surface area (Å²) in [6, 6.07) is 0. The van der Waals surface area contributed by atoms with Gasteiger partial charge in [-0.15, -0.1) is 0 Å². The van der Waals surface area contributed by atoms with Crippen molar-refractivity contribution in [2.75, 3.05) is 19.8 Å². The molecule has 0 radical (unpaired) electrons. The van der Waals surface area contributed by atoms with Crippen molar-refractivity contribution < 1.29 is 98.2 Å². The lowest BCUT2D eigenvalue weighted by molar-refractivity contribution is -0.363. The molecule has 4 saturated heterocycles. The molecule has 3 saturated carbocycles. The SMILES string of the molecule is C=C(CC[C@@]1(O)O[C@H]2C[C@H]3[C@@H]4CC=C5C[C@@H](O)C[C@@H](O[C@@H]6OC[C@H](OC(C)=O)[C@H](OC(C)=O)[C@H]6O[C@@H]6O[C@@H](C)[C@H](O)[C@@H](O)[C@H]6O)[C@]5(C)[C@H]4CC[C@]3(C)[C@H]2[C@@H]1C)CO[C@@H]1O[C@H](CO)[C@@H](O)[C@H](O)[C@H]1O. The van der Waals surface area contributed by atoms with Crippen molar-refractivity contribution >= 4 is 11.9 Å². The zero-order valence-electron chi connectivity index (χ0n) is 39.8. The quantitative estimate of drug-likeness (QED) is 0.0856. The van der Waals surface area contributed by atoms with Crippen molar-refractivity contribution in [3.05, 3.63) is 23.8 Å². The average Bonchev–Trinajstić information content (AvgIpc) is 3.72. The van der Waals surface area contributed by atoms with E-state index in [1.54, 1.807) is 0 Å². The molecule has 25 atom stereocenters. The summed E-state index contributed by atoms with van der Waals surface area (Å²) in [7, 11) is 0. The van der Waals surface area contributed by atoms with Gasteiger partial charge in [0.15, 0.2) is 43.0 Å². The number of hydrogen-bond acceptors (Lipinski definition) is 20. The second kappa shape index (κ2) is 20.0. The number of fused-ring (bicyclic) bond motifs is 7. The smallest absolute Gasteiger partial charge is 0.303 e. The third-order valence-electron chi connectivity index (χ3n) is 17.4. The van der Waals surface area contributed by atoms with Crippen LogP contribution in [0.15, 0.2) is 23.8 Å². The van der Waals surface area contributed by atoms with Crippen LogP contribution in [0.2, 0.25) is 0 Å². The Balaban J connectivity index is 0.975. The molecule has 4 aliphatic heterocycles. The molecule has 0 spiro atoms. The summed E-state index contributed by atoms with van der Waals surface area (Å²) in [5, 5.41) is 95.8. The molecule has 4 aliphatic carbocycles. The Morgan fingerprint density at radius 3 is 2.22 bits per heavy atom. The number of aliphatic hydroxyl groups is 9. The van der Waals surface area contributed by atoms with E-state index in [0.717, 1.165) is 31.3 Å². The van der Waals surface area contributed by atoms with Crippen LogP contribution in [-0.4, -0.2) is 188 Å². The summed E-state index contributed by atoms with van der Waals surface area (Å²) in [6.45, 7) is 13.6. The summed E-state index contributed by atoms with van der Waals surface area (Å²) in [5.41, 5.74) is 0.865. The number of carbonyl (C=O) groups is 2. The topological polar surface area (TPSA) is 299 Å². The first kappa shape index (κ1) is 52.1. The van der Waals surface area contributed by atoms with Crippen molar-refractivity contribution in [1.29, 1.82) is 0 Å². The minimum atomic E-state index is -1.73. The highest BCUT2D eigenvalue weighted by Gasteiger charge is 2.69. The number of allylic oxidation sites excluding steroid dienone is 1. The summed E-state index contributed by atoms with van der Waals surface area (Å²) in [4.78, 5) is 24.8. The second-order valence-electron chi connectivity index (χ2n) is 21.4. The standard InChI is InChI=1S/C48H74O20/c1-20(18-60-43-39(57)38(56)36(54)31(17-49)65-43)10-13-48(59)21(2)34-30(68-48)16-29-27-9-8-25-14-26(52)15-33(47(25,7)28(27)11-12-46(29,34)6)66-45-42(67-44-40(58)37(55)35(53)22(3)62-44)41(64-24(5)51)32(19-61-45)63-23(4)50/h8,21-22,26-45,49,52-59H,1,9-19H2,2-7H3/t21-,22-,26+,27+,28-,29-,30-,31+,32-,33+,34-,35-,36+,37+,38-,39+,40+,41-,42+,43+,44-,45-,46-,47-,48+/m0/s1. The van der Waals surface area contributed by atoms with E-state index in [2.05, 4.69) is 26.5 Å². The van der Waals surface area contributed by atoms with Crippen LogP contribution in [-0.2, 0) is 52.2 Å². The van der Waals surface area contributed by atoms with Crippen LogP contribution in [0.3, 0.4) is 0 Å². The van der Waals surface area contributed by atoms with Crippen LogP contribution < -0.4 is 0 Å². The molecule has 0 amide bonds. The maximum Gasteiger partial charge on any atom is 0.303 e. The first-order chi connectivity index (χ1) is 32.0. The Labute approximate surface area is 396 Å². The molecular weight excluding hydrogens is 897 g/mol. The minimum Gasteiger partial charge on any atom is -0.456 e. The molecule has 9 N–H and O–H groups in total. The lowest BCUT2D eigenvalue weighted by Gasteiger charge is -2.60. The van der Waals surface area contributed by atoms with Gasteiger partial charge in [0, 0.05) is 38.0 Å². The molecule has 8 rings (SSSR count). The molecule has 7 fully saturated rings. The molecule has 386 valence electrons. The Kier molecular flexibility index (Phi) is 15.3. The lowest BCUT2D eigenvalue weighted by Crippen LogP contribution is -2.64. The zero-order chi connectivity index (χ0) is 49.4. The Hall–Kier alpha value is -2.22. The van der Waals surface area contributed by atoms with Gasteiger partial charge < -0.3 is 88.6 Å². The molecule has 0 unspecified atom stereocenters. The molecule has 0 aromatic rings. The van der Waals surface area contributed by atoms with E-state index in [-0.39, 0.29) is 67.2 Å². The molecule has 20 nitrogen and oxygen atoms in total. The van der Waals surface area contributed by atoms with Crippen molar-refractivity contribution in [3.63, 3.8) is 0 Å².